The number of hydrogen-bond acceptors (Lipinski definition) is 5. The topological polar surface area (TPSA) is 54.4 Å². The van der Waals surface area contributed by atoms with Gasteiger partial charge >= 0.3 is 6.02 Å². The molecule has 3 aliphatic rings. The van der Waals surface area contributed by atoms with Crippen molar-refractivity contribution in [1.29, 1.82) is 0 Å². The highest BCUT2D eigenvalue weighted by molar-refractivity contribution is 6.11. The summed E-state index contributed by atoms with van der Waals surface area (Å²) in [4.78, 5) is 22.6. The van der Waals surface area contributed by atoms with Gasteiger partial charge in [-0.1, -0.05) is 38.5 Å². The first kappa shape index (κ1) is 23.7. The fraction of sp³-hybridized carbons (Fsp3) is 0.630. The van der Waals surface area contributed by atoms with Gasteiger partial charge in [0.15, 0.2) is 5.76 Å². The third-order valence-electron chi connectivity index (χ3n) is 7.28. The molecule has 1 aromatic rings. The van der Waals surface area contributed by atoms with E-state index in [1.807, 2.05) is 23.1 Å². The number of methoxy groups -OCH3 is 1. The lowest BCUT2D eigenvalue weighted by Crippen LogP contribution is -2.41. The molecule has 0 radical (unpaired) electrons. The van der Waals surface area contributed by atoms with Gasteiger partial charge < -0.3 is 14.4 Å². The Morgan fingerprint density at radius 1 is 1.06 bits per heavy atom. The van der Waals surface area contributed by atoms with Gasteiger partial charge in [-0.15, -0.1) is 0 Å². The van der Waals surface area contributed by atoms with Crippen LogP contribution in [0.25, 0.3) is 6.08 Å². The van der Waals surface area contributed by atoms with E-state index in [0.29, 0.717) is 11.8 Å². The van der Waals surface area contributed by atoms with Crippen molar-refractivity contribution in [2.45, 2.75) is 90.1 Å². The van der Waals surface area contributed by atoms with Crippen molar-refractivity contribution in [3.05, 3.63) is 29.5 Å². The lowest BCUT2D eigenvalue weighted by atomic mass is 9.94. The molecule has 0 N–H and O–H groups in total. The van der Waals surface area contributed by atoms with Crippen LogP contribution in [0, 0.1) is 0 Å². The zero-order valence-electron chi connectivity index (χ0n) is 20.5. The van der Waals surface area contributed by atoms with Crippen LogP contribution in [0.15, 0.2) is 29.0 Å². The van der Waals surface area contributed by atoms with E-state index in [2.05, 4.69) is 24.8 Å². The van der Waals surface area contributed by atoms with Crippen LogP contribution in [0.3, 0.4) is 0 Å². The standard InChI is InChI=1S/C27H39N3O3/c1-4-29(5-2)23-17-16-20(24(19-23)32-3)18-25-26(31)30(22-14-10-7-11-15-22)27(33-25)28-21-12-8-6-9-13-21/h16-19,21-22H,4-15H2,1-3H3/b25-18+,28-27?. The first-order valence-corrected chi connectivity index (χ1v) is 12.9. The number of carbonyl (C=O) groups is 1. The molecule has 1 heterocycles. The Balaban J connectivity index is 1.64. The minimum atomic E-state index is -0.0636. The van der Waals surface area contributed by atoms with Crippen LogP contribution in [0.2, 0.25) is 0 Å². The number of rotatable bonds is 7. The summed E-state index contributed by atoms with van der Waals surface area (Å²) in [5.74, 6) is 1.03. The molecule has 0 unspecified atom stereocenters. The zero-order chi connectivity index (χ0) is 23.2. The molecule has 1 amide bonds. The van der Waals surface area contributed by atoms with Crippen LogP contribution in [0.5, 0.6) is 5.75 Å². The molecule has 0 spiro atoms. The van der Waals surface area contributed by atoms with E-state index in [9.17, 15) is 4.79 Å². The van der Waals surface area contributed by atoms with Crippen LogP contribution in [0.1, 0.15) is 83.6 Å². The maximum absolute atomic E-state index is 13.5. The van der Waals surface area contributed by atoms with Gasteiger partial charge in [-0.05, 0) is 57.7 Å². The summed E-state index contributed by atoms with van der Waals surface area (Å²) in [7, 11) is 1.67. The molecule has 2 aliphatic carbocycles. The average Bonchev–Trinajstić information content (AvgIpc) is 3.16. The van der Waals surface area contributed by atoms with E-state index in [-0.39, 0.29) is 18.0 Å². The molecule has 33 heavy (non-hydrogen) atoms. The summed E-state index contributed by atoms with van der Waals surface area (Å²) < 4.78 is 11.9. The maximum Gasteiger partial charge on any atom is 0.300 e. The largest absolute Gasteiger partial charge is 0.496 e. The van der Waals surface area contributed by atoms with E-state index in [1.165, 1.54) is 25.7 Å². The molecule has 1 aliphatic heterocycles. The van der Waals surface area contributed by atoms with Crippen molar-refractivity contribution >= 4 is 23.7 Å². The number of carbonyl (C=O) groups excluding carboxylic acids is 1. The van der Waals surface area contributed by atoms with Gasteiger partial charge in [0.05, 0.1) is 13.2 Å². The molecule has 0 bridgehead atoms. The first-order valence-electron chi connectivity index (χ1n) is 12.9. The molecular formula is C27H39N3O3. The highest BCUT2D eigenvalue weighted by atomic mass is 16.5. The van der Waals surface area contributed by atoms with Gasteiger partial charge in [0, 0.05) is 36.4 Å². The van der Waals surface area contributed by atoms with E-state index >= 15 is 0 Å². The zero-order valence-corrected chi connectivity index (χ0v) is 20.5. The number of ether oxygens (including phenoxy) is 2. The molecule has 6 heteroatoms. The van der Waals surface area contributed by atoms with Crippen molar-refractivity contribution in [1.82, 2.24) is 4.90 Å². The highest BCUT2D eigenvalue weighted by Gasteiger charge is 2.40. The van der Waals surface area contributed by atoms with Crippen molar-refractivity contribution in [2.24, 2.45) is 4.99 Å². The molecule has 3 fully saturated rings. The second-order valence-corrected chi connectivity index (χ2v) is 9.38. The number of amides is 1. The van der Waals surface area contributed by atoms with E-state index in [0.717, 1.165) is 68.6 Å². The van der Waals surface area contributed by atoms with Crippen LogP contribution >= 0.6 is 0 Å². The maximum atomic E-state index is 13.5. The Labute approximate surface area is 198 Å². The fourth-order valence-corrected chi connectivity index (χ4v) is 5.35. The van der Waals surface area contributed by atoms with Crippen LogP contribution in [-0.2, 0) is 9.53 Å². The van der Waals surface area contributed by atoms with E-state index < -0.39 is 0 Å². The number of hydrogen-bond donors (Lipinski definition) is 0. The third-order valence-corrected chi connectivity index (χ3v) is 7.28. The van der Waals surface area contributed by atoms with Gasteiger partial charge in [0.2, 0.25) is 0 Å². The smallest absolute Gasteiger partial charge is 0.300 e. The van der Waals surface area contributed by atoms with E-state index in [1.54, 1.807) is 7.11 Å². The number of benzene rings is 1. The first-order chi connectivity index (χ1) is 16.1. The molecule has 1 aromatic carbocycles. The Kier molecular flexibility index (Phi) is 7.94. The Morgan fingerprint density at radius 2 is 1.73 bits per heavy atom. The van der Waals surface area contributed by atoms with E-state index in [4.69, 9.17) is 14.5 Å². The van der Waals surface area contributed by atoms with Gasteiger partial charge in [-0.3, -0.25) is 9.69 Å². The second-order valence-electron chi connectivity index (χ2n) is 9.38. The second kappa shape index (κ2) is 11.1. The van der Waals surface area contributed by atoms with Crippen molar-refractivity contribution < 1.29 is 14.3 Å². The minimum Gasteiger partial charge on any atom is -0.496 e. The van der Waals surface area contributed by atoms with Crippen LogP contribution < -0.4 is 9.64 Å². The SMILES string of the molecule is CCN(CC)c1ccc(/C=C2/OC(=NC3CCCCC3)N(C3CCCCC3)C2=O)c(OC)c1. The minimum absolute atomic E-state index is 0.0636. The quantitative estimate of drug-likeness (QED) is 0.492. The predicted molar refractivity (Wildman–Crippen MR) is 134 cm³/mol. The van der Waals surface area contributed by atoms with Gasteiger partial charge in [0.1, 0.15) is 5.75 Å². The lowest BCUT2D eigenvalue weighted by molar-refractivity contribution is -0.124. The normalized spacial score (nSPS) is 22.8. The summed E-state index contributed by atoms with van der Waals surface area (Å²) in [6, 6.07) is 7.09. The van der Waals surface area contributed by atoms with Crippen LogP contribution in [0.4, 0.5) is 5.69 Å². The summed E-state index contributed by atoms with van der Waals surface area (Å²) >= 11 is 0. The Bertz CT molecular complexity index is 879. The summed E-state index contributed by atoms with van der Waals surface area (Å²) in [5.41, 5.74) is 1.96. The number of amidine groups is 1. The van der Waals surface area contributed by atoms with Gasteiger partial charge in [-0.25, -0.2) is 4.99 Å². The number of anilines is 1. The Morgan fingerprint density at radius 3 is 2.36 bits per heavy atom. The third kappa shape index (κ3) is 5.36. The number of aliphatic imine (C=N–C) groups is 1. The monoisotopic (exact) mass is 453 g/mol. The van der Waals surface area contributed by atoms with Crippen molar-refractivity contribution in [3.8, 4) is 5.75 Å². The molecule has 2 saturated carbocycles. The fourth-order valence-electron chi connectivity index (χ4n) is 5.35. The van der Waals surface area contributed by atoms with Gasteiger partial charge in [0.25, 0.3) is 5.91 Å². The predicted octanol–water partition coefficient (Wildman–Crippen LogP) is 5.76. The molecule has 0 atom stereocenters. The summed E-state index contributed by atoms with van der Waals surface area (Å²) in [6.45, 7) is 6.14. The molecule has 180 valence electrons. The number of nitrogens with zero attached hydrogens (tertiary/aromatic N) is 3. The molecule has 4 rings (SSSR count). The Hall–Kier alpha value is -2.50. The molecule has 0 aromatic heterocycles. The lowest BCUT2D eigenvalue weighted by Gasteiger charge is -2.29. The highest BCUT2D eigenvalue weighted by Crippen LogP contribution is 2.33. The molecule has 1 saturated heterocycles. The van der Waals surface area contributed by atoms with Crippen molar-refractivity contribution in [3.63, 3.8) is 0 Å². The summed E-state index contributed by atoms with van der Waals surface area (Å²) in [6.07, 6.45) is 13.3. The summed E-state index contributed by atoms with van der Waals surface area (Å²) in [5, 5.41) is 0. The average molecular weight is 454 g/mol. The van der Waals surface area contributed by atoms with Gasteiger partial charge in [-0.2, -0.15) is 0 Å². The van der Waals surface area contributed by atoms with Crippen LogP contribution in [-0.4, -0.2) is 49.1 Å². The molecule has 6 nitrogen and oxygen atoms in total. The van der Waals surface area contributed by atoms with Crippen molar-refractivity contribution in [2.75, 3.05) is 25.1 Å². The molecular weight excluding hydrogens is 414 g/mol.